The van der Waals surface area contributed by atoms with Gasteiger partial charge in [0, 0.05) is 36.6 Å². The van der Waals surface area contributed by atoms with Crippen molar-refractivity contribution in [3.63, 3.8) is 0 Å². The largest absolute Gasteiger partial charge is 0.336 e. The average molecular weight is 339 g/mol. The van der Waals surface area contributed by atoms with Crippen LogP contribution in [0.2, 0.25) is 0 Å². The highest BCUT2D eigenvalue weighted by Crippen LogP contribution is 2.24. The third-order valence-corrected chi connectivity index (χ3v) is 4.84. The summed E-state index contributed by atoms with van der Waals surface area (Å²) in [4.78, 5) is 26.2. The fraction of sp³-hybridized carbons (Fsp3) is 0.389. The number of urea groups is 1. The quantitative estimate of drug-likeness (QED) is 0.796. The zero-order valence-corrected chi connectivity index (χ0v) is 14.0. The van der Waals surface area contributed by atoms with Crippen molar-refractivity contribution in [1.29, 1.82) is 0 Å². The summed E-state index contributed by atoms with van der Waals surface area (Å²) in [7, 11) is 0. The van der Waals surface area contributed by atoms with Crippen molar-refractivity contribution in [3.05, 3.63) is 46.8 Å². The van der Waals surface area contributed by atoms with Gasteiger partial charge < -0.3 is 15.5 Å². The van der Waals surface area contributed by atoms with Crippen molar-refractivity contribution in [2.45, 2.75) is 32.2 Å². The number of hydrogen-bond acceptors (Lipinski definition) is 3. The molecule has 1 aromatic carbocycles. The molecule has 1 saturated heterocycles. The Balaban J connectivity index is 1.53. The van der Waals surface area contributed by atoms with E-state index in [0.717, 1.165) is 48.2 Å². The van der Waals surface area contributed by atoms with Crippen LogP contribution >= 0.6 is 0 Å². The van der Waals surface area contributed by atoms with Gasteiger partial charge in [0.1, 0.15) is 0 Å². The number of aromatic nitrogens is 2. The predicted octanol–water partition coefficient (Wildman–Crippen LogP) is 2.07. The Morgan fingerprint density at radius 3 is 2.92 bits per heavy atom. The second-order valence-electron chi connectivity index (χ2n) is 6.50. The summed E-state index contributed by atoms with van der Waals surface area (Å²) >= 11 is 0. The molecule has 0 unspecified atom stereocenters. The van der Waals surface area contributed by atoms with E-state index in [0.29, 0.717) is 25.3 Å². The molecule has 2 heterocycles. The molecule has 2 aromatic rings. The van der Waals surface area contributed by atoms with Gasteiger partial charge in [0.25, 0.3) is 5.91 Å². The number of nitrogens with one attached hydrogen (secondary N) is 3. The van der Waals surface area contributed by atoms with Crippen LogP contribution in [0.15, 0.2) is 24.3 Å². The lowest BCUT2D eigenvalue weighted by Gasteiger charge is -2.17. The lowest BCUT2D eigenvalue weighted by Crippen LogP contribution is -2.28. The number of aryl methyl sites for hydroxylation is 1. The van der Waals surface area contributed by atoms with Crippen LogP contribution in [0.25, 0.3) is 0 Å². The summed E-state index contributed by atoms with van der Waals surface area (Å²) < 4.78 is 0. The zero-order valence-electron chi connectivity index (χ0n) is 14.0. The fourth-order valence-corrected chi connectivity index (χ4v) is 3.50. The Kier molecular flexibility index (Phi) is 4.13. The van der Waals surface area contributed by atoms with E-state index >= 15 is 0 Å². The van der Waals surface area contributed by atoms with E-state index in [9.17, 15) is 9.59 Å². The highest BCUT2D eigenvalue weighted by molar-refractivity contribution is 6.04. The van der Waals surface area contributed by atoms with E-state index < -0.39 is 0 Å². The van der Waals surface area contributed by atoms with E-state index in [2.05, 4.69) is 20.8 Å². The van der Waals surface area contributed by atoms with E-state index in [1.165, 1.54) is 0 Å². The lowest BCUT2D eigenvalue weighted by molar-refractivity contribution is 0.102. The first kappa shape index (κ1) is 15.7. The molecule has 3 amide bonds. The fourth-order valence-electron chi connectivity index (χ4n) is 3.50. The highest BCUT2D eigenvalue weighted by Gasteiger charge is 2.23. The molecular weight excluding hydrogens is 318 g/mol. The van der Waals surface area contributed by atoms with E-state index in [1.807, 2.05) is 24.3 Å². The third-order valence-electron chi connectivity index (χ3n) is 4.84. The number of anilines is 1. The zero-order chi connectivity index (χ0) is 17.2. The molecule has 1 aromatic heterocycles. The first-order valence-electron chi connectivity index (χ1n) is 8.70. The smallest absolute Gasteiger partial charge is 0.317 e. The molecule has 1 aliphatic heterocycles. The maximum atomic E-state index is 12.7. The minimum atomic E-state index is -0.197. The molecule has 0 atom stereocenters. The van der Waals surface area contributed by atoms with E-state index in [-0.39, 0.29) is 11.9 Å². The summed E-state index contributed by atoms with van der Waals surface area (Å²) in [6.45, 7) is 1.81. The van der Waals surface area contributed by atoms with Crippen molar-refractivity contribution in [2.75, 3.05) is 18.4 Å². The summed E-state index contributed by atoms with van der Waals surface area (Å²) in [5, 5.41) is 13.0. The molecule has 0 radical (unpaired) electrons. The molecule has 0 saturated carbocycles. The monoisotopic (exact) mass is 339 g/mol. The number of para-hydroxylation sites is 1. The maximum absolute atomic E-state index is 12.7. The first-order valence-corrected chi connectivity index (χ1v) is 8.70. The van der Waals surface area contributed by atoms with Crippen LogP contribution in [-0.2, 0) is 19.4 Å². The Labute approximate surface area is 145 Å². The van der Waals surface area contributed by atoms with Crippen molar-refractivity contribution in [3.8, 4) is 0 Å². The van der Waals surface area contributed by atoms with Crippen LogP contribution in [0.1, 0.15) is 40.2 Å². The van der Waals surface area contributed by atoms with Gasteiger partial charge in [-0.15, -0.1) is 0 Å². The van der Waals surface area contributed by atoms with Crippen LogP contribution < -0.4 is 10.6 Å². The molecule has 25 heavy (non-hydrogen) atoms. The molecule has 1 fully saturated rings. The van der Waals surface area contributed by atoms with Gasteiger partial charge in [-0.1, -0.05) is 18.2 Å². The topological polar surface area (TPSA) is 90.1 Å². The molecule has 0 spiro atoms. The van der Waals surface area contributed by atoms with Gasteiger partial charge in [0.05, 0.1) is 0 Å². The Hall–Kier alpha value is -2.83. The van der Waals surface area contributed by atoms with Crippen molar-refractivity contribution in [1.82, 2.24) is 20.4 Å². The van der Waals surface area contributed by atoms with Gasteiger partial charge in [-0.3, -0.25) is 9.89 Å². The van der Waals surface area contributed by atoms with E-state index in [4.69, 9.17) is 0 Å². The van der Waals surface area contributed by atoms with Gasteiger partial charge in [0.2, 0.25) is 0 Å². The van der Waals surface area contributed by atoms with Gasteiger partial charge in [-0.2, -0.15) is 5.10 Å². The molecule has 130 valence electrons. The minimum Gasteiger partial charge on any atom is -0.336 e. The molecular formula is C18H21N5O2. The van der Waals surface area contributed by atoms with Crippen LogP contribution in [0, 0.1) is 0 Å². The second-order valence-corrected chi connectivity index (χ2v) is 6.50. The Morgan fingerprint density at radius 2 is 2.08 bits per heavy atom. The van der Waals surface area contributed by atoms with Crippen LogP contribution in [0.5, 0.6) is 0 Å². The number of H-pyrrole nitrogens is 1. The molecule has 7 nitrogen and oxygen atoms in total. The average Bonchev–Trinajstić information content (AvgIpc) is 3.23. The van der Waals surface area contributed by atoms with Gasteiger partial charge in [-0.05, 0) is 37.3 Å². The van der Waals surface area contributed by atoms with Gasteiger partial charge in [0.15, 0.2) is 5.69 Å². The number of hydrogen-bond donors (Lipinski definition) is 3. The molecule has 7 heteroatoms. The molecule has 1 aliphatic carbocycles. The van der Waals surface area contributed by atoms with Crippen LogP contribution in [-0.4, -0.2) is 40.1 Å². The minimum absolute atomic E-state index is 0.0671. The third kappa shape index (κ3) is 3.09. The number of rotatable bonds is 4. The lowest BCUT2D eigenvalue weighted by atomic mass is 9.96. The predicted molar refractivity (Wildman–Crippen MR) is 93.4 cm³/mol. The standard InChI is InChI=1S/C18H21N5O2/c24-17(16-13-6-2-4-8-15(13)21-22-16)20-14-7-3-1-5-12(14)11-23-10-9-19-18(23)25/h1,3,5,7H,2,4,6,8-11H2,(H,19,25)(H,20,24)(H,21,22). The number of carbonyl (C=O) groups excluding carboxylic acids is 2. The Bertz CT molecular complexity index is 814. The molecule has 2 aliphatic rings. The van der Waals surface area contributed by atoms with Crippen molar-refractivity contribution >= 4 is 17.6 Å². The molecule has 0 bridgehead atoms. The van der Waals surface area contributed by atoms with Crippen molar-refractivity contribution in [2.24, 2.45) is 0 Å². The van der Waals surface area contributed by atoms with Crippen LogP contribution in [0.3, 0.4) is 0 Å². The van der Waals surface area contributed by atoms with Crippen LogP contribution in [0.4, 0.5) is 10.5 Å². The second kappa shape index (κ2) is 6.58. The number of benzene rings is 1. The van der Waals surface area contributed by atoms with Gasteiger partial charge >= 0.3 is 6.03 Å². The van der Waals surface area contributed by atoms with Crippen molar-refractivity contribution < 1.29 is 9.59 Å². The summed E-state index contributed by atoms with van der Waals surface area (Å²) in [5.41, 5.74) is 4.25. The number of amides is 3. The van der Waals surface area contributed by atoms with E-state index in [1.54, 1.807) is 4.90 Å². The SMILES string of the molecule is O=C(Nc1ccccc1CN1CCNC1=O)c1n[nH]c2c1CCCC2. The maximum Gasteiger partial charge on any atom is 0.317 e. The summed E-state index contributed by atoms with van der Waals surface area (Å²) in [5.74, 6) is -0.197. The summed E-state index contributed by atoms with van der Waals surface area (Å²) in [6.07, 6.45) is 4.07. The number of fused-ring (bicyclic) bond motifs is 1. The number of carbonyl (C=O) groups is 2. The highest BCUT2D eigenvalue weighted by atomic mass is 16.2. The van der Waals surface area contributed by atoms with Gasteiger partial charge in [-0.25, -0.2) is 4.79 Å². The molecule has 3 N–H and O–H groups in total. The molecule has 4 rings (SSSR count). The summed E-state index contributed by atoms with van der Waals surface area (Å²) in [6, 6.07) is 7.52. The normalized spacial score (nSPS) is 16.5. The Morgan fingerprint density at radius 1 is 1.24 bits per heavy atom. The number of nitrogens with zero attached hydrogens (tertiary/aromatic N) is 2. The number of aromatic amines is 1. The first-order chi connectivity index (χ1) is 12.2.